The van der Waals surface area contributed by atoms with Gasteiger partial charge in [-0.2, -0.15) is 5.26 Å². The van der Waals surface area contributed by atoms with Crippen molar-refractivity contribution in [2.24, 2.45) is 11.3 Å². The maximum Gasteiger partial charge on any atom is 0.125 e. The quantitative estimate of drug-likeness (QED) is 0.882. The van der Waals surface area contributed by atoms with E-state index in [0.717, 1.165) is 37.1 Å². The van der Waals surface area contributed by atoms with Crippen LogP contribution in [0.25, 0.3) is 0 Å². The Balaban J connectivity index is 2.09. The molecule has 0 unspecified atom stereocenters. The standard InChI is InChI=1S/C18H26N2O/c1-17(2,3)14-8-10-18(13-19,11-9-14)20-15-6-5-7-16(12-15)21-4/h5-7,12,14,20H,8-11H2,1-4H3. The molecule has 1 fully saturated rings. The molecule has 1 aromatic rings. The monoisotopic (exact) mass is 286 g/mol. The predicted molar refractivity (Wildman–Crippen MR) is 86.4 cm³/mol. The summed E-state index contributed by atoms with van der Waals surface area (Å²) >= 11 is 0. The first kappa shape index (κ1) is 15.7. The largest absolute Gasteiger partial charge is 0.497 e. The first-order valence-electron chi connectivity index (χ1n) is 7.72. The molecule has 0 amide bonds. The number of hydrogen-bond acceptors (Lipinski definition) is 3. The Hall–Kier alpha value is -1.69. The van der Waals surface area contributed by atoms with Gasteiger partial charge in [0.25, 0.3) is 0 Å². The maximum atomic E-state index is 9.67. The van der Waals surface area contributed by atoms with Crippen molar-refractivity contribution in [3.63, 3.8) is 0 Å². The van der Waals surface area contributed by atoms with Gasteiger partial charge >= 0.3 is 0 Å². The number of ether oxygens (including phenoxy) is 1. The van der Waals surface area contributed by atoms with Gasteiger partial charge in [-0.1, -0.05) is 26.8 Å². The summed E-state index contributed by atoms with van der Waals surface area (Å²) in [6, 6.07) is 10.3. The molecule has 0 aliphatic heterocycles. The number of benzene rings is 1. The smallest absolute Gasteiger partial charge is 0.125 e. The van der Waals surface area contributed by atoms with Gasteiger partial charge in [-0.15, -0.1) is 0 Å². The van der Waals surface area contributed by atoms with Crippen molar-refractivity contribution >= 4 is 5.69 Å². The van der Waals surface area contributed by atoms with E-state index in [-0.39, 0.29) is 0 Å². The Morgan fingerprint density at radius 2 is 1.95 bits per heavy atom. The Morgan fingerprint density at radius 1 is 1.29 bits per heavy atom. The summed E-state index contributed by atoms with van der Waals surface area (Å²) in [6.45, 7) is 6.89. The zero-order chi connectivity index (χ0) is 15.5. The minimum atomic E-state index is -0.436. The van der Waals surface area contributed by atoms with E-state index in [0.29, 0.717) is 11.3 Å². The first-order valence-corrected chi connectivity index (χ1v) is 7.72. The number of nitriles is 1. The molecule has 3 nitrogen and oxygen atoms in total. The molecular formula is C18H26N2O. The topological polar surface area (TPSA) is 45.0 Å². The van der Waals surface area contributed by atoms with Gasteiger partial charge in [-0.05, 0) is 49.1 Å². The molecule has 0 aromatic heterocycles. The fraction of sp³-hybridized carbons (Fsp3) is 0.611. The molecule has 1 aliphatic carbocycles. The molecule has 0 saturated heterocycles. The zero-order valence-electron chi connectivity index (χ0n) is 13.6. The van der Waals surface area contributed by atoms with Gasteiger partial charge in [0.1, 0.15) is 11.3 Å². The van der Waals surface area contributed by atoms with E-state index < -0.39 is 5.54 Å². The lowest BCUT2D eigenvalue weighted by Gasteiger charge is -2.41. The van der Waals surface area contributed by atoms with Crippen LogP contribution in [0.2, 0.25) is 0 Å². The van der Waals surface area contributed by atoms with Gasteiger partial charge in [0, 0.05) is 11.8 Å². The van der Waals surface area contributed by atoms with Gasteiger partial charge in [-0.3, -0.25) is 0 Å². The number of hydrogen-bond donors (Lipinski definition) is 1. The minimum absolute atomic E-state index is 0.331. The van der Waals surface area contributed by atoms with Crippen molar-refractivity contribution in [3.05, 3.63) is 24.3 Å². The normalized spacial score (nSPS) is 26.0. The number of methoxy groups -OCH3 is 1. The summed E-state index contributed by atoms with van der Waals surface area (Å²) in [5.74, 6) is 1.52. The molecule has 114 valence electrons. The molecule has 1 aromatic carbocycles. The summed E-state index contributed by atoms with van der Waals surface area (Å²) in [5.41, 5.74) is 0.858. The van der Waals surface area contributed by atoms with E-state index in [2.05, 4.69) is 32.2 Å². The van der Waals surface area contributed by atoms with Crippen LogP contribution in [0.5, 0.6) is 5.75 Å². The Kier molecular flexibility index (Phi) is 4.46. The van der Waals surface area contributed by atoms with Crippen LogP contribution >= 0.6 is 0 Å². The molecule has 3 heteroatoms. The van der Waals surface area contributed by atoms with Crippen molar-refractivity contribution < 1.29 is 4.74 Å². The highest BCUT2D eigenvalue weighted by atomic mass is 16.5. The first-order chi connectivity index (χ1) is 9.88. The van der Waals surface area contributed by atoms with Crippen molar-refractivity contribution in [3.8, 4) is 11.8 Å². The Bertz CT molecular complexity index is 517. The molecule has 2 rings (SSSR count). The number of nitrogens with zero attached hydrogens (tertiary/aromatic N) is 1. The molecule has 1 saturated carbocycles. The van der Waals surface area contributed by atoms with E-state index in [1.165, 1.54) is 0 Å². The molecule has 1 N–H and O–H groups in total. The second kappa shape index (κ2) is 5.97. The lowest BCUT2D eigenvalue weighted by Crippen LogP contribution is -2.42. The zero-order valence-corrected chi connectivity index (χ0v) is 13.6. The van der Waals surface area contributed by atoms with E-state index in [9.17, 15) is 5.26 Å². The second-order valence-electron chi connectivity index (χ2n) is 7.19. The molecule has 0 spiro atoms. The van der Waals surface area contributed by atoms with Gasteiger partial charge in [0.2, 0.25) is 0 Å². The third-order valence-electron chi connectivity index (χ3n) is 4.73. The highest BCUT2D eigenvalue weighted by Gasteiger charge is 2.38. The van der Waals surface area contributed by atoms with Crippen LogP contribution in [0.3, 0.4) is 0 Å². The Labute approximate surface area is 128 Å². The highest BCUT2D eigenvalue weighted by Crippen LogP contribution is 2.42. The molecule has 0 bridgehead atoms. The minimum Gasteiger partial charge on any atom is -0.497 e. The summed E-state index contributed by atoms with van der Waals surface area (Å²) in [5, 5.41) is 13.1. The van der Waals surface area contributed by atoms with Crippen LogP contribution in [0.4, 0.5) is 5.69 Å². The summed E-state index contributed by atoms with van der Waals surface area (Å²) in [6.07, 6.45) is 4.02. The maximum absolute atomic E-state index is 9.67. The van der Waals surface area contributed by atoms with E-state index >= 15 is 0 Å². The summed E-state index contributed by atoms with van der Waals surface area (Å²) in [7, 11) is 1.66. The number of rotatable bonds is 3. The van der Waals surface area contributed by atoms with E-state index in [1.807, 2.05) is 24.3 Å². The molecule has 0 radical (unpaired) electrons. The summed E-state index contributed by atoms with van der Waals surface area (Å²) < 4.78 is 5.25. The lowest BCUT2D eigenvalue weighted by molar-refractivity contribution is 0.159. The van der Waals surface area contributed by atoms with Crippen LogP contribution in [0.1, 0.15) is 46.5 Å². The average molecular weight is 286 g/mol. The third kappa shape index (κ3) is 3.69. The van der Waals surface area contributed by atoms with Gasteiger partial charge in [0.05, 0.1) is 13.2 Å². The lowest BCUT2D eigenvalue weighted by atomic mass is 9.67. The average Bonchev–Trinajstić information content (AvgIpc) is 2.47. The fourth-order valence-electron chi connectivity index (χ4n) is 3.22. The van der Waals surface area contributed by atoms with Crippen molar-refractivity contribution in [1.29, 1.82) is 5.26 Å². The number of nitrogens with one attached hydrogen (secondary N) is 1. The van der Waals surface area contributed by atoms with E-state index in [1.54, 1.807) is 7.11 Å². The van der Waals surface area contributed by atoms with Crippen molar-refractivity contribution in [2.75, 3.05) is 12.4 Å². The molecule has 1 aliphatic rings. The van der Waals surface area contributed by atoms with Gasteiger partial charge < -0.3 is 10.1 Å². The fourth-order valence-corrected chi connectivity index (χ4v) is 3.22. The van der Waals surface area contributed by atoms with Crippen LogP contribution in [0.15, 0.2) is 24.3 Å². The van der Waals surface area contributed by atoms with Crippen LogP contribution in [0, 0.1) is 22.7 Å². The molecule has 21 heavy (non-hydrogen) atoms. The third-order valence-corrected chi connectivity index (χ3v) is 4.73. The number of anilines is 1. The summed E-state index contributed by atoms with van der Waals surface area (Å²) in [4.78, 5) is 0. The van der Waals surface area contributed by atoms with Crippen molar-refractivity contribution in [2.45, 2.75) is 52.0 Å². The second-order valence-corrected chi connectivity index (χ2v) is 7.19. The Morgan fingerprint density at radius 3 is 2.48 bits per heavy atom. The van der Waals surface area contributed by atoms with Crippen LogP contribution in [-0.2, 0) is 0 Å². The van der Waals surface area contributed by atoms with Crippen molar-refractivity contribution in [1.82, 2.24) is 0 Å². The molecule has 0 heterocycles. The van der Waals surface area contributed by atoms with Gasteiger partial charge in [0.15, 0.2) is 0 Å². The SMILES string of the molecule is COc1cccc(NC2(C#N)CCC(C(C)(C)C)CC2)c1. The predicted octanol–water partition coefficient (Wildman–Crippen LogP) is 4.61. The molecule has 0 atom stereocenters. The highest BCUT2D eigenvalue weighted by molar-refractivity contribution is 5.51. The van der Waals surface area contributed by atoms with E-state index in [4.69, 9.17) is 4.74 Å². The molecular weight excluding hydrogens is 260 g/mol. The van der Waals surface area contributed by atoms with Gasteiger partial charge in [-0.25, -0.2) is 0 Å². The van der Waals surface area contributed by atoms with Crippen LogP contribution < -0.4 is 10.1 Å². The van der Waals surface area contributed by atoms with Crippen LogP contribution in [-0.4, -0.2) is 12.6 Å².